The zero-order chi connectivity index (χ0) is 18.1. The van der Waals surface area contributed by atoms with Gasteiger partial charge >= 0.3 is 0 Å². The van der Waals surface area contributed by atoms with Crippen LogP contribution in [0.15, 0.2) is 29.3 Å². The summed E-state index contributed by atoms with van der Waals surface area (Å²) in [7, 11) is 5.86. The summed E-state index contributed by atoms with van der Waals surface area (Å²) in [5, 5.41) is 6.81. The van der Waals surface area contributed by atoms with E-state index in [0.717, 1.165) is 23.8 Å². The van der Waals surface area contributed by atoms with E-state index in [1.54, 1.807) is 7.11 Å². The molecule has 0 aliphatic rings. The van der Waals surface area contributed by atoms with Gasteiger partial charge in [-0.25, -0.2) is 0 Å². The van der Waals surface area contributed by atoms with E-state index in [-0.39, 0.29) is 30.0 Å². The molecule has 0 heterocycles. The highest BCUT2D eigenvalue weighted by molar-refractivity contribution is 14.0. The second-order valence-corrected chi connectivity index (χ2v) is 6.62. The number of likely N-dealkylation sites (N-methyl/N-ethyl adjacent to an activating group) is 1. The Hall–Kier alpha value is -1.02. The van der Waals surface area contributed by atoms with Crippen molar-refractivity contribution in [3.8, 4) is 5.75 Å². The molecule has 2 atom stereocenters. The Bertz CT molecular complexity index is 520. The van der Waals surface area contributed by atoms with Crippen LogP contribution in [0.25, 0.3) is 0 Å². The molecule has 0 radical (unpaired) electrons. The van der Waals surface area contributed by atoms with E-state index in [1.165, 1.54) is 0 Å². The molecule has 1 rings (SSSR count). The molecule has 5 nitrogen and oxygen atoms in total. The summed E-state index contributed by atoms with van der Waals surface area (Å²) < 4.78 is 5.52. The van der Waals surface area contributed by atoms with Crippen LogP contribution < -0.4 is 15.4 Å². The average Bonchev–Trinajstić information content (AvgIpc) is 2.55. The average molecular weight is 462 g/mol. The molecule has 1 aromatic rings. The Morgan fingerprint density at radius 2 is 1.84 bits per heavy atom. The first kappa shape index (κ1) is 24.0. The van der Waals surface area contributed by atoms with Gasteiger partial charge in [-0.15, -0.1) is 24.0 Å². The first-order valence-corrected chi connectivity index (χ1v) is 8.74. The molecule has 0 saturated heterocycles. The van der Waals surface area contributed by atoms with E-state index in [2.05, 4.69) is 63.4 Å². The van der Waals surface area contributed by atoms with E-state index in [1.807, 2.05) is 18.2 Å². The molecule has 0 bridgehead atoms. The molecular formula is C19H35IN4O. The fraction of sp³-hybridized carbons (Fsp3) is 0.632. The smallest absolute Gasteiger partial charge is 0.191 e. The van der Waals surface area contributed by atoms with Gasteiger partial charge in [0.15, 0.2) is 5.96 Å². The molecule has 6 heteroatoms. The van der Waals surface area contributed by atoms with Crippen LogP contribution in [0.3, 0.4) is 0 Å². The number of benzene rings is 1. The third-order valence-corrected chi connectivity index (χ3v) is 4.25. The third kappa shape index (κ3) is 7.81. The highest BCUT2D eigenvalue weighted by atomic mass is 127. The van der Waals surface area contributed by atoms with Gasteiger partial charge < -0.3 is 20.3 Å². The highest BCUT2D eigenvalue weighted by Crippen LogP contribution is 2.28. The third-order valence-electron chi connectivity index (χ3n) is 4.25. The second-order valence-electron chi connectivity index (χ2n) is 6.62. The van der Waals surface area contributed by atoms with Gasteiger partial charge in [0.2, 0.25) is 0 Å². The van der Waals surface area contributed by atoms with E-state index < -0.39 is 0 Å². The molecule has 25 heavy (non-hydrogen) atoms. The molecule has 0 aliphatic heterocycles. The molecule has 0 fully saturated rings. The Labute approximate surface area is 170 Å². The topological polar surface area (TPSA) is 48.9 Å². The molecule has 1 aromatic carbocycles. The van der Waals surface area contributed by atoms with Gasteiger partial charge in [-0.2, -0.15) is 0 Å². The zero-order valence-electron chi connectivity index (χ0n) is 16.7. The summed E-state index contributed by atoms with van der Waals surface area (Å²) in [6, 6.07) is 8.67. The van der Waals surface area contributed by atoms with Gasteiger partial charge in [-0.05, 0) is 39.9 Å². The van der Waals surface area contributed by atoms with Crippen molar-refractivity contribution in [2.75, 3.05) is 34.3 Å². The number of hydrogen-bond donors (Lipinski definition) is 2. The van der Waals surface area contributed by atoms with E-state index >= 15 is 0 Å². The number of methoxy groups -OCH3 is 1. The highest BCUT2D eigenvalue weighted by Gasteiger charge is 2.18. The van der Waals surface area contributed by atoms with Gasteiger partial charge in [0, 0.05) is 18.2 Å². The molecular weight excluding hydrogens is 427 g/mol. The Morgan fingerprint density at radius 1 is 1.20 bits per heavy atom. The van der Waals surface area contributed by atoms with Gasteiger partial charge in [-0.3, -0.25) is 4.99 Å². The van der Waals surface area contributed by atoms with Gasteiger partial charge in [0.1, 0.15) is 5.75 Å². The largest absolute Gasteiger partial charge is 0.496 e. The quantitative estimate of drug-likeness (QED) is 0.353. The number of guanidine groups is 1. The van der Waals surface area contributed by atoms with Crippen molar-refractivity contribution in [2.45, 2.75) is 39.8 Å². The maximum Gasteiger partial charge on any atom is 0.191 e. The normalized spacial score (nSPS) is 14.0. The second kappa shape index (κ2) is 12.4. The van der Waals surface area contributed by atoms with Crippen LogP contribution >= 0.6 is 24.0 Å². The molecule has 2 N–H and O–H groups in total. The molecule has 0 saturated carbocycles. The van der Waals surface area contributed by atoms with Crippen molar-refractivity contribution in [3.63, 3.8) is 0 Å². The van der Waals surface area contributed by atoms with Gasteiger partial charge in [0.05, 0.1) is 19.7 Å². The molecule has 0 amide bonds. The first-order valence-electron chi connectivity index (χ1n) is 8.74. The summed E-state index contributed by atoms with van der Waals surface area (Å²) in [5.41, 5.74) is 1.15. The van der Waals surface area contributed by atoms with E-state index in [4.69, 9.17) is 9.73 Å². The lowest BCUT2D eigenvalue weighted by molar-refractivity contribution is 0.295. The molecule has 2 unspecified atom stereocenters. The molecule has 0 aliphatic carbocycles. The predicted molar refractivity (Wildman–Crippen MR) is 118 cm³/mol. The number of nitrogens with one attached hydrogen (secondary N) is 2. The molecule has 144 valence electrons. The Morgan fingerprint density at radius 3 is 2.36 bits per heavy atom. The lowest BCUT2D eigenvalue weighted by Gasteiger charge is -2.26. The molecule has 0 spiro atoms. The van der Waals surface area contributed by atoms with Crippen LogP contribution in [-0.4, -0.2) is 51.2 Å². The fourth-order valence-electron chi connectivity index (χ4n) is 2.36. The fourth-order valence-corrected chi connectivity index (χ4v) is 2.36. The van der Waals surface area contributed by atoms with Crippen molar-refractivity contribution in [2.24, 2.45) is 10.9 Å². The minimum absolute atomic E-state index is 0. The standard InChI is InChI=1S/C19H34N4O.HI/c1-8-20-19(22-15(4)14(2)3)21-13-17(23(5)6)16-11-9-10-12-18(16)24-7;/h9-12,14-15,17H,8,13H2,1-7H3,(H2,20,21,22);1H. The van der Waals surface area contributed by atoms with Crippen molar-refractivity contribution in [1.29, 1.82) is 0 Å². The summed E-state index contributed by atoms with van der Waals surface area (Å²) in [6.07, 6.45) is 0. The number of hydrogen-bond acceptors (Lipinski definition) is 3. The maximum atomic E-state index is 5.52. The van der Waals surface area contributed by atoms with Crippen molar-refractivity contribution in [3.05, 3.63) is 29.8 Å². The van der Waals surface area contributed by atoms with Gasteiger partial charge in [0.25, 0.3) is 0 Å². The number of aliphatic imine (C=N–C) groups is 1. The van der Waals surface area contributed by atoms with Crippen LogP contribution in [0.5, 0.6) is 5.75 Å². The van der Waals surface area contributed by atoms with E-state index in [9.17, 15) is 0 Å². The Kier molecular flexibility index (Phi) is 11.8. The van der Waals surface area contributed by atoms with Gasteiger partial charge in [-0.1, -0.05) is 32.0 Å². The monoisotopic (exact) mass is 462 g/mol. The lowest BCUT2D eigenvalue weighted by atomic mass is 10.0. The van der Waals surface area contributed by atoms with Crippen LogP contribution in [-0.2, 0) is 0 Å². The minimum Gasteiger partial charge on any atom is -0.496 e. The predicted octanol–water partition coefficient (Wildman–Crippen LogP) is 3.52. The van der Waals surface area contributed by atoms with Crippen molar-refractivity contribution in [1.82, 2.24) is 15.5 Å². The van der Waals surface area contributed by atoms with Crippen molar-refractivity contribution >= 4 is 29.9 Å². The van der Waals surface area contributed by atoms with Crippen LogP contribution in [0, 0.1) is 5.92 Å². The number of nitrogens with zero attached hydrogens (tertiary/aromatic N) is 2. The number of ether oxygens (including phenoxy) is 1. The Balaban J connectivity index is 0.00000576. The summed E-state index contributed by atoms with van der Waals surface area (Å²) >= 11 is 0. The SMILES string of the molecule is CCNC(=NCC(c1ccccc1OC)N(C)C)NC(C)C(C)C.I. The maximum absolute atomic E-state index is 5.52. The van der Waals surface area contributed by atoms with Crippen LogP contribution in [0.2, 0.25) is 0 Å². The number of rotatable bonds is 8. The summed E-state index contributed by atoms with van der Waals surface area (Å²) in [4.78, 5) is 6.98. The minimum atomic E-state index is 0. The van der Waals surface area contributed by atoms with Crippen molar-refractivity contribution < 1.29 is 4.74 Å². The summed E-state index contributed by atoms with van der Waals surface area (Å²) in [5.74, 6) is 2.31. The lowest BCUT2D eigenvalue weighted by Crippen LogP contribution is -2.44. The molecule has 0 aromatic heterocycles. The first-order chi connectivity index (χ1) is 11.4. The number of halogens is 1. The number of para-hydroxylation sites is 1. The summed E-state index contributed by atoms with van der Waals surface area (Å²) in [6.45, 7) is 10.2. The van der Waals surface area contributed by atoms with E-state index in [0.29, 0.717) is 18.5 Å². The van der Waals surface area contributed by atoms with Crippen LogP contribution in [0.4, 0.5) is 0 Å². The van der Waals surface area contributed by atoms with Crippen LogP contribution in [0.1, 0.15) is 39.3 Å². The zero-order valence-corrected chi connectivity index (χ0v) is 19.0.